The minimum absolute atomic E-state index is 0.257. The van der Waals surface area contributed by atoms with E-state index >= 15 is 0 Å². The van der Waals surface area contributed by atoms with Crippen molar-refractivity contribution in [1.82, 2.24) is 9.97 Å². The van der Waals surface area contributed by atoms with E-state index < -0.39 is 0 Å². The summed E-state index contributed by atoms with van der Waals surface area (Å²) in [5.74, 6) is 1.15. The number of aliphatic hydroxyl groups is 1. The van der Waals surface area contributed by atoms with Gasteiger partial charge in [-0.15, -0.1) is 0 Å². The molecule has 0 radical (unpaired) electrons. The van der Waals surface area contributed by atoms with Gasteiger partial charge < -0.3 is 14.7 Å². The molecule has 6 heteroatoms. The SMILES string of the molecule is CCOc1nc(N2CC(O)C2)ncc1Br. The summed E-state index contributed by atoms with van der Waals surface area (Å²) in [6, 6.07) is 0. The summed E-state index contributed by atoms with van der Waals surface area (Å²) in [5.41, 5.74) is 0. The second-order valence-electron chi connectivity index (χ2n) is 3.31. The Kier molecular flexibility index (Phi) is 3.06. The lowest BCUT2D eigenvalue weighted by Crippen LogP contribution is -2.51. The van der Waals surface area contributed by atoms with E-state index in [1.807, 2.05) is 11.8 Å². The summed E-state index contributed by atoms with van der Waals surface area (Å²) in [4.78, 5) is 10.3. The number of hydrogen-bond donors (Lipinski definition) is 1. The highest BCUT2D eigenvalue weighted by Crippen LogP contribution is 2.25. The number of anilines is 1. The third-order valence-corrected chi connectivity index (χ3v) is 2.67. The van der Waals surface area contributed by atoms with E-state index in [9.17, 15) is 0 Å². The van der Waals surface area contributed by atoms with Gasteiger partial charge in [0.1, 0.15) is 0 Å². The Morgan fingerprint density at radius 1 is 1.67 bits per heavy atom. The fraction of sp³-hybridized carbons (Fsp3) is 0.556. The monoisotopic (exact) mass is 273 g/mol. The molecule has 1 aliphatic heterocycles. The summed E-state index contributed by atoms with van der Waals surface area (Å²) in [6.07, 6.45) is 1.41. The van der Waals surface area contributed by atoms with Crippen LogP contribution in [0.2, 0.25) is 0 Å². The molecule has 0 unspecified atom stereocenters. The predicted octanol–water partition coefficient (Wildman–Crippen LogP) is 0.819. The second-order valence-corrected chi connectivity index (χ2v) is 4.17. The van der Waals surface area contributed by atoms with Crippen LogP contribution in [0.25, 0.3) is 0 Å². The number of halogens is 1. The summed E-state index contributed by atoms with van der Waals surface area (Å²) < 4.78 is 6.08. The highest BCUT2D eigenvalue weighted by Gasteiger charge is 2.27. The van der Waals surface area contributed by atoms with Crippen molar-refractivity contribution in [2.24, 2.45) is 0 Å². The zero-order valence-electron chi connectivity index (χ0n) is 8.35. The highest BCUT2D eigenvalue weighted by molar-refractivity contribution is 9.10. The maximum atomic E-state index is 9.17. The number of rotatable bonds is 3. The number of nitrogens with zero attached hydrogens (tertiary/aromatic N) is 3. The topological polar surface area (TPSA) is 58.5 Å². The molecule has 1 saturated heterocycles. The first-order valence-electron chi connectivity index (χ1n) is 4.79. The van der Waals surface area contributed by atoms with Crippen molar-refractivity contribution in [3.8, 4) is 5.88 Å². The van der Waals surface area contributed by atoms with Crippen LogP contribution in [0.5, 0.6) is 5.88 Å². The normalized spacial score (nSPS) is 16.3. The van der Waals surface area contributed by atoms with Gasteiger partial charge in [-0.1, -0.05) is 0 Å². The Morgan fingerprint density at radius 2 is 2.40 bits per heavy atom. The molecule has 0 spiro atoms. The Labute approximate surface area is 96.2 Å². The summed E-state index contributed by atoms with van der Waals surface area (Å²) in [7, 11) is 0. The van der Waals surface area contributed by atoms with Gasteiger partial charge in [-0.05, 0) is 22.9 Å². The average molecular weight is 274 g/mol. The first kappa shape index (κ1) is 10.6. The van der Waals surface area contributed by atoms with Gasteiger partial charge in [0.2, 0.25) is 11.8 Å². The second kappa shape index (κ2) is 4.32. The Balaban J connectivity index is 2.15. The van der Waals surface area contributed by atoms with Crippen LogP contribution in [-0.4, -0.2) is 40.9 Å². The van der Waals surface area contributed by atoms with E-state index in [2.05, 4.69) is 25.9 Å². The fourth-order valence-electron chi connectivity index (χ4n) is 1.35. The molecule has 1 aliphatic rings. The molecule has 0 bridgehead atoms. The lowest BCUT2D eigenvalue weighted by Gasteiger charge is -2.35. The van der Waals surface area contributed by atoms with Gasteiger partial charge in [-0.25, -0.2) is 4.98 Å². The van der Waals surface area contributed by atoms with Gasteiger partial charge in [0.05, 0.1) is 23.4 Å². The molecule has 82 valence electrons. The maximum absolute atomic E-state index is 9.17. The summed E-state index contributed by atoms with van der Waals surface area (Å²) in [5, 5.41) is 9.17. The third-order valence-electron chi connectivity index (χ3n) is 2.13. The fourth-order valence-corrected chi connectivity index (χ4v) is 1.66. The van der Waals surface area contributed by atoms with Gasteiger partial charge in [-0.3, -0.25) is 0 Å². The van der Waals surface area contributed by atoms with Crippen LogP contribution < -0.4 is 9.64 Å². The van der Waals surface area contributed by atoms with Crippen molar-refractivity contribution >= 4 is 21.9 Å². The Hall–Kier alpha value is -0.880. The van der Waals surface area contributed by atoms with Gasteiger partial charge in [0.15, 0.2) is 0 Å². The van der Waals surface area contributed by atoms with Crippen molar-refractivity contribution in [3.05, 3.63) is 10.7 Å². The smallest absolute Gasteiger partial charge is 0.232 e. The molecule has 0 atom stereocenters. The van der Waals surface area contributed by atoms with Crippen LogP contribution >= 0.6 is 15.9 Å². The molecule has 0 aliphatic carbocycles. The molecule has 5 nitrogen and oxygen atoms in total. The van der Waals surface area contributed by atoms with Crippen LogP contribution in [0.4, 0.5) is 5.95 Å². The van der Waals surface area contributed by atoms with E-state index in [1.54, 1.807) is 6.20 Å². The van der Waals surface area contributed by atoms with Crippen molar-refractivity contribution in [2.75, 3.05) is 24.6 Å². The largest absolute Gasteiger partial charge is 0.477 e. The van der Waals surface area contributed by atoms with Gasteiger partial charge in [0, 0.05) is 13.1 Å². The number of ether oxygens (including phenoxy) is 1. The first-order valence-corrected chi connectivity index (χ1v) is 5.58. The zero-order chi connectivity index (χ0) is 10.8. The number of β-amino-alcohol motifs (C(OH)–C–C–N with tert-alkyl or cyclic N) is 1. The predicted molar refractivity (Wildman–Crippen MR) is 59.1 cm³/mol. The molecular weight excluding hydrogens is 262 g/mol. The molecule has 1 aromatic rings. The van der Waals surface area contributed by atoms with Crippen molar-refractivity contribution in [2.45, 2.75) is 13.0 Å². The van der Waals surface area contributed by atoms with Crippen LogP contribution in [0.15, 0.2) is 10.7 Å². The molecular formula is C9H12BrN3O2. The van der Waals surface area contributed by atoms with Gasteiger partial charge >= 0.3 is 0 Å². The molecule has 2 rings (SSSR count). The minimum Gasteiger partial charge on any atom is -0.477 e. The zero-order valence-corrected chi connectivity index (χ0v) is 9.94. The van der Waals surface area contributed by atoms with Crippen LogP contribution in [0.3, 0.4) is 0 Å². The first-order chi connectivity index (χ1) is 7.20. The molecule has 2 heterocycles. The van der Waals surface area contributed by atoms with Crippen molar-refractivity contribution in [3.63, 3.8) is 0 Å². The standard InChI is InChI=1S/C9H12BrN3O2/c1-2-15-8-7(10)3-11-9(12-8)13-4-6(14)5-13/h3,6,14H,2,4-5H2,1H3. The lowest BCUT2D eigenvalue weighted by molar-refractivity contribution is 0.140. The Bertz CT molecular complexity index is 355. The molecule has 1 aromatic heterocycles. The lowest BCUT2D eigenvalue weighted by atomic mass is 10.2. The minimum atomic E-state index is -0.257. The third kappa shape index (κ3) is 2.21. The van der Waals surface area contributed by atoms with Gasteiger partial charge in [0.25, 0.3) is 0 Å². The number of hydrogen-bond acceptors (Lipinski definition) is 5. The van der Waals surface area contributed by atoms with E-state index in [-0.39, 0.29) is 6.10 Å². The van der Waals surface area contributed by atoms with Crippen molar-refractivity contribution < 1.29 is 9.84 Å². The van der Waals surface area contributed by atoms with Crippen LogP contribution in [0, 0.1) is 0 Å². The molecule has 15 heavy (non-hydrogen) atoms. The maximum Gasteiger partial charge on any atom is 0.232 e. The molecule has 0 amide bonds. The van der Waals surface area contributed by atoms with Crippen molar-refractivity contribution in [1.29, 1.82) is 0 Å². The number of aromatic nitrogens is 2. The van der Waals surface area contributed by atoms with E-state index in [0.717, 1.165) is 4.47 Å². The Morgan fingerprint density at radius 3 is 3.00 bits per heavy atom. The summed E-state index contributed by atoms with van der Waals surface area (Å²) in [6.45, 7) is 3.65. The van der Waals surface area contributed by atoms with Crippen LogP contribution in [-0.2, 0) is 0 Å². The molecule has 0 saturated carbocycles. The van der Waals surface area contributed by atoms with E-state index in [1.165, 1.54) is 0 Å². The van der Waals surface area contributed by atoms with Crippen LogP contribution in [0.1, 0.15) is 6.92 Å². The van der Waals surface area contributed by atoms with Gasteiger partial charge in [-0.2, -0.15) is 4.98 Å². The summed E-state index contributed by atoms with van der Waals surface area (Å²) >= 11 is 3.31. The highest BCUT2D eigenvalue weighted by atomic mass is 79.9. The molecule has 1 N–H and O–H groups in total. The molecule has 0 aromatic carbocycles. The van der Waals surface area contributed by atoms with E-state index in [4.69, 9.17) is 9.84 Å². The quantitative estimate of drug-likeness (QED) is 0.884. The van der Waals surface area contributed by atoms with E-state index in [0.29, 0.717) is 31.5 Å². The average Bonchev–Trinajstić information content (AvgIpc) is 2.17. The number of aliphatic hydroxyl groups excluding tert-OH is 1. The molecule has 1 fully saturated rings.